The van der Waals surface area contributed by atoms with Crippen molar-refractivity contribution in [1.29, 1.82) is 0 Å². The van der Waals surface area contributed by atoms with Gasteiger partial charge >= 0.3 is 12.1 Å². The fourth-order valence-electron chi connectivity index (χ4n) is 4.10. The Morgan fingerprint density at radius 3 is 2.08 bits per heavy atom. The summed E-state index contributed by atoms with van der Waals surface area (Å²) in [7, 11) is 3.00. The van der Waals surface area contributed by atoms with Gasteiger partial charge in [-0.1, -0.05) is 52.7 Å². The van der Waals surface area contributed by atoms with Crippen LogP contribution in [0.3, 0.4) is 0 Å². The van der Waals surface area contributed by atoms with E-state index in [2.05, 4.69) is 21.3 Å². The van der Waals surface area contributed by atoms with E-state index in [0.717, 1.165) is 25.7 Å². The third-order valence-electron chi connectivity index (χ3n) is 6.33. The van der Waals surface area contributed by atoms with Gasteiger partial charge in [0.25, 0.3) is 0 Å². The van der Waals surface area contributed by atoms with Crippen molar-refractivity contribution in [2.24, 2.45) is 17.6 Å². The number of urea groups is 1. The van der Waals surface area contributed by atoms with Gasteiger partial charge in [-0.25, -0.2) is 9.59 Å². The molecular weight excluding hydrogens is 516 g/mol. The van der Waals surface area contributed by atoms with Crippen LogP contribution in [0.4, 0.5) is 15.3 Å². The Morgan fingerprint density at radius 1 is 0.900 bits per heavy atom. The maximum Gasteiger partial charge on any atom is 0.410 e. The number of primary amides is 1. The number of hydrogen-bond donors (Lipinski definition) is 5. The van der Waals surface area contributed by atoms with Crippen LogP contribution in [0.1, 0.15) is 65.4 Å². The number of anilines is 1. The number of ether oxygens (including phenoxy) is 1. The number of hydrogen-bond acceptors (Lipinski definition) is 6. The highest BCUT2D eigenvalue weighted by molar-refractivity contribution is 5.92. The molecule has 0 spiro atoms. The van der Waals surface area contributed by atoms with Gasteiger partial charge in [-0.05, 0) is 42.4 Å². The highest BCUT2D eigenvalue weighted by Crippen LogP contribution is 2.15. The molecule has 12 nitrogen and oxygen atoms in total. The van der Waals surface area contributed by atoms with Crippen molar-refractivity contribution in [1.82, 2.24) is 20.9 Å². The maximum absolute atomic E-state index is 13.0. The Kier molecular flexibility index (Phi) is 15.1. The molecule has 0 unspecified atom stereocenters. The maximum atomic E-state index is 13.0. The number of carbonyl (C=O) groups is 5. The third kappa shape index (κ3) is 12.4. The fourth-order valence-corrected chi connectivity index (χ4v) is 4.10. The van der Waals surface area contributed by atoms with Gasteiger partial charge in [-0.2, -0.15) is 0 Å². The molecule has 0 aliphatic carbocycles. The zero-order chi connectivity index (χ0) is 30.2. The fraction of sp³-hybridized carbons (Fsp3) is 0.607. The largest absolute Gasteiger partial charge is 0.445 e. The first-order chi connectivity index (χ1) is 18.9. The van der Waals surface area contributed by atoms with Crippen LogP contribution in [0.25, 0.3) is 0 Å². The van der Waals surface area contributed by atoms with Crippen molar-refractivity contribution in [2.45, 2.75) is 78.5 Å². The number of unbranched alkanes of at least 4 members (excludes halogenated alkanes) is 3. The molecule has 2 atom stereocenters. The normalized spacial score (nSPS) is 12.3. The summed E-state index contributed by atoms with van der Waals surface area (Å²) in [6.07, 6.45) is 3.04. The summed E-state index contributed by atoms with van der Waals surface area (Å²) in [5.74, 6) is -1.19. The van der Waals surface area contributed by atoms with E-state index in [9.17, 15) is 24.0 Å². The van der Waals surface area contributed by atoms with Gasteiger partial charge in [0.2, 0.25) is 17.7 Å². The molecule has 0 aliphatic rings. The average Bonchev–Trinajstić information content (AvgIpc) is 2.89. The van der Waals surface area contributed by atoms with Crippen molar-refractivity contribution >= 4 is 35.5 Å². The molecule has 1 aromatic carbocycles. The minimum Gasteiger partial charge on any atom is -0.445 e. The molecule has 0 aromatic heterocycles. The van der Waals surface area contributed by atoms with Gasteiger partial charge in [0.05, 0.1) is 0 Å². The first kappa shape index (κ1) is 34.2. The van der Waals surface area contributed by atoms with Crippen molar-refractivity contribution < 1.29 is 28.7 Å². The van der Waals surface area contributed by atoms with E-state index >= 15 is 0 Å². The molecule has 224 valence electrons. The zero-order valence-electron chi connectivity index (χ0n) is 24.5. The van der Waals surface area contributed by atoms with Crippen LogP contribution in [0, 0.1) is 11.8 Å². The second-order valence-electron chi connectivity index (χ2n) is 10.4. The quantitative estimate of drug-likeness (QED) is 0.194. The van der Waals surface area contributed by atoms with Gasteiger partial charge in [-0.3, -0.25) is 19.3 Å². The first-order valence-corrected chi connectivity index (χ1v) is 13.7. The summed E-state index contributed by atoms with van der Waals surface area (Å²) in [5.41, 5.74) is 6.36. The Bertz CT molecular complexity index is 982. The van der Waals surface area contributed by atoms with Crippen LogP contribution >= 0.6 is 0 Å². The van der Waals surface area contributed by atoms with E-state index in [4.69, 9.17) is 10.5 Å². The topological polar surface area (TPSA) is 172 Å². The predicted octanol–water partition coefficient (Wildman–Crippen LogP) is 2.72. The second kappa shape index (κ2) is 17.7. The molecule has 0 heterocycles. The summed E-state index contributed by atoms with van der Waals surface area (Å²) in [6, 6.07) is 4.87. The molecule has 40 heavy (non-hydrogen) atoms. The lowest BCUT2D eigenvalue weighted by molar-refractivity contribution is -0.133. The number of amides is 6. The molecule has 0 saturated carbocycles. The minimum atomic E-state index is -0.831. The molecule has 12 heteroatoms. The molecule has 0 fully saturated rings. The van der Waals surface area contributed by atoms with Crippen LogP contribution in [0.15, 0.2) is 24.3 Å². The molecule has 1 rings (SSSR count). The minimum absolute atomic E-state index is 0.0126. The average molecular weight is 563 g/mol. The molecule has 1 aromatic rings. The SMILES string of the molecule is CNC(=O)[C@@H](NC(=O)[C@H](C(C)C)N(C)C(=O)OCc1ccc(NC(=O)CCCCCCNC(N)=O)cc1)C(C)C. The Hall–Kier alpha value is -3.83. The lowest BCUT2D eigenvalue weighted by Gasteiger charge is -2.31. The molecule has 0 radical (unpaired) electrons. The molecule has 0 saturated heterocycles. The summed E-state index contributed by atoms with van der Waals surface area (Å²) in [6.45, 7) is 7.81. The number of nitrogens with two attached hydrogens (primary N) is 1. The van der Waals surface area contributed by atoms with Crippen molar-refractivity contribution in [3.05, 3.63) is 29.8 Å². The third-order valence-corrected chi connectivity index (χ3v) is 6.33. The van der Waals surface area contributed by atoms with E-state index < -0.39 is 30.1 Å². The van der Waals surface area contributed by atoms with Crippen LogP contribution in [0.5, 0.6) is 0 Å². The van der Waals surface area contributed by atoms with Crippen LogP contribution in [-0.4, -0.2) is 67.5 Å². The van der Waals surface area contributed by atoms with Gasteiger partial charge in [0.1, 0.15) is 18.7 Å². The van der Waals surface area contributed by atoms with Gasteiger partial charge in [0, 0.05) is 32.7 Å². The summed E-state index contributed by atoms with van der Waals surface area (Å²) < 4.78 is 5.43. The van der Waals surface area contributed by atoms with Crippen molar-refractivity contribution in [3.8, 4) is 0 Å². The van der Waals surface area contributed by atoms with E-state index in [1.807, 2.05) is 27.7 Å². The molecule has 0 bridgehead atoms. The van der Waals surface area contributed by atoms with Crippen LogP contribution in [-0.2, 0) is 25.7 Å². The Morgan fingerprint density at radius 2 is 1.52 bits per heavy atom. The molecule has 6 N–H and O–H groups in total. The summed E-state index contributed by atoms with van der Waals surface area (Å²) >= 11 is 0. The monoisotopic (exact) mass is 562 g/mol. The molecule has 6 amide bonds. The molecule has 0 aliphatic heterocycles. The second-order valence-corrected chi connectivity index (χ2v) is 10.4. The predicted molar refractivity (Wildman–Crippen MR) is 153 cm³/mol. The van der Waals surface area contributed by atoms with E-state index in [-0.39, 0.29) is 30.3 Å². The number of likely N-dealkylation sites (N-methyl/N-ethyl adjacent to an activating group) is 2. The van der Waals surface area contributed by atoms with Crippen molar-refractivity contribution in [2.75, 3.05) is 26.0 Å². The lowest BCUT2D eigenvalue weighted by atomic mass is 9.99. The number of carbonyl (C=O) groups excluding carboxylic acids is 5. The van der Waals surface area contributed by atoms with Gasteiger partial charge in [-0.15, -0.1) is 0 Å². The first-order valence-electron chi connectivity index (χ1n) is 13.7. The lowest BCUT2D eigenvalue weighted by Crippen LogP contribution is -2.56. The number of rotatable bonds is 16. The zero-order valence-corrected chi connectivity index (χ0v) is 24.5. The number of nitrogens with one attached hydrogen (secondary N) is 4. The Labute approximate surface area is 237 Å². The highest BCUT2D eigenvalue weighted by atomic mass is 16.6. The smallest absolute Gasteiger partial charge is 0.410 e. The number of benzene rings is 1. The van der Waals surface area contributed by atoms with Crippen LogP contribution in [0.2, 0.25) is 0 Å². The highest BCUT2D eigenvalue weighted by Gasteiger charge is 2.34. The molecular formula is C28H46N6O6. The summed E-state index contributed by atoms with van der Waals surface area (Å²) in [4.78, 5) is 62.0. The standard InChI is InChI=1S/C28H46N6O6/c1-18(2)23(25(36)30-5)33-26(37)24(19(3)4)34(6)28(39)40-17-20-12-14-21(15-13-20)32-22(35)11-9-7-8-10-16-31-27(29)38/h12-15,18-19,23-24H,7-11,16-17H2,1-6H3,(H,30,36)(H,32,35)(H,33,37)(H3,29,31,38)/t23-,24-/m0/s1. The van der Waals surface area contributed by atoms with Gasteiger partial charge < -0.3 is 31.7 Å². The van der Waals surface area contributed by atoms with Crippen LogP contribution < -0.4 is 27.0 Å². The van der Waals surface area contributed by atoms with E-state index in [1.54, 1.807) is 24.3 Å². The summed E-state index contributed by atoms with van der Waals surface area (Å²) in [5, 5.41) is 10.7. The van der Waals surface area contributed by atoms with Crippen molar-refractivity contribution in [3.63, 3.8) is 0 Å². The van der Waals surface area contributed by atoms with Gasteiger partial charge in [0.15, 0.2) is 0 Å². The van der Waals surface area contributed by atoms with E-state index in [1.165, 1.54) is 19.0 Å². The van der Waals surface area contributed by atoms with E-state index in [0.29, 0.717) is 24.2 Å². The Balaban J connectivity index is 2.55. The number of nitrogens with zero attached hydrogens (tertiary/aromatic N) is 1.